The molecule has 1 saturated carbocycles. The third-order valence-corrected chi connectivity index (χ3v) is 6.02. The Balaban J connectivity index is 1.90. The highest BCUT2D eigenvalue weighted by molar-refractivity contribution is 6.67. The average Bonchev–Trinajstić information content (AvgIpc) is 3.47. The second-order valence-electron chi connectivity index (χ2n) is 8.31. The fraction of sp³-hybridized carbons (Fsp3) is 0.500. The van der Waals surface area contributed by atoms with Crippen molar-refractivity contribution in [2.75, 3.05) is 0 Å². The molecule has 4 rings (SSSR count). The molecule has 2 heterocycles. The first-order valence-electron chi connectivity index (χ1n) is 10.1. The summed E-state index contributed by atoms with van der Waals surface area (Å²) in [6.07, 6.45) is 6.58. The minimum absolute atomic E-state index is 0.0219. The number of allylic oxidation sites excluding steroid dienone is 1. The van der Waals surface area contributed by atoms with Gasteiger partial charge in [0.05, 0.1) is 17.3 Å². The minimum atomic E-state index is -0.0219. The lowest BCUT2D eigenvalue weighted by Gasteiger charge is -2.24. The van der Waals surface area contributed by atoms with Crippen LogP contribution in [0.1, 0.15) is 50.8 Å². The Morgan fingerprint density at radius 1 is 1.26 bits per heavy atom. The van der Waals surface area contributed by atoms with Gasteiger partial charge in [-0.25, -0.2) is 0 Å². The van der Waals surface area contributed by atoms with Gasteiger partial charge in [-0.15, -0.1) is 0 Å². The molecule has 1 fully saturated rings. The molecule has 2 aliphatic rings. The number of nitrogens with zero attached hydrogens (tertiary/aromatic N) is 1. The Kier molecular flexibility index (Phi) is 4.67. The van der Waals surface area contributed by atoms with Crippen LogP contribution in [0.3, 0.4) is 0 Å². The summed E-state index contributed by atoms with van der Waals surface area (Å²) in [6.45, 7) is 10.7. The van der Waals surface area contributed by atoms with Crippen molar-refractivity contribution in [2.24, 2.45) is 5.92 Å². The first-order chi connectivity index (χ1) is 12.9. The summed E-state index contributed by atoms with van der Waals surface area (Å²) in [7, 11) is 0. The number of benzene rings is 1. The van der Waals surface area contributed by atoms with Crippen LogP contribution in [0.2, 0.25) is 6.82 Å². The zero-order valence-electron chi connectivity index (χ0n) is 16.9. The number of hydrogen-bond acceptors (Lipinski definition) is 3. The van der Waals surface area contributed by atoms with Crippen LogP contribution in [0.4, 0.5) is 0 Å². The number of pyridine rings is 1. The van der Waals surface area contributed by atoms with Crippen LogP contribution in [0.5, 0.6) is 5.75 Å². The smallest absolute Gasteiger partial charge is 0.324 e. The highest BCUT2D eigenvalue weighted by Crippen LogP contribution is 2.40. The first kappa shape index (κ1) is 18.4. The van der Waals surface area contributed by atoms with Gasteiger partial charge >= 0.3 is 6.92 Å². The van der Waals surface area contributed by atoms with Crippen LogP contribution in [0, 0.1) is 12.8 Å². The van der Waals surface area contributed by atoms with E-state index in [1.165, 1.54) is 0 Å². The van der Waals surface area contributed by atoms with Crippen molar-refractivity contribution in [2.45, 2.75) is 65.9 Å². The van der Waals surface area contributed by atoms with E-state index in [-0.39, 0.29) is 18.6 Å². The predicted molar refractivity (Wildman–Crippen MR) is 111 cm³/mol. The van der Waals surface area contributed by atoms with Crippen LogP contribution < -0.4 is 15.8 Å². The Labute approximate surface area is 161 Å². The van der Waals surface area contributed by atoms with Crippen molar-refractivity contribution in [3.05, 3.63) is 46.0 Å². The average molecular weight is 365 g/mol. The largest absolute Gasteiger partial charge is 0.464 e. The second-order valence-corrected chi connectivity index (χ2v) is 8.31. The Hall–Kier alpha value is -2.01. The highest BCUT2D eigenvalue weighted by Gasteiger charge is 2.31. The van der Waals surface area contributed by atoms with E-state index < -0.39 is 0 Å². The van der Waals surface area contributed by atoms with Crippen molar-refractivity contribution < 1.29 is 9.39 Å². The van der Waals surface area contributed by atoms with Crippen molar-refractivity contribution in [1.29, 1.82) is 0 Å². The van der Waals surface area contributed by atoms with E-state index in [1.807, 2.05) is 10.6 Å². The molecule has 1 aliphatic heterocycles. The molecule has 0 amide bonds. The van der Waals surface area contributed by atoms with Gasteiger partial charge in [0.1, 0.15) is 5.75 Å². The van der Waals surface area contributed by atoms with Crippen molar-refractivity contribution >= 4 is 23.3 Å². The highest BCUT2D eigenvalue weighted by atomic mass is 16.5. The predicted octanol–water partition coefficient (Wildman–Crippen LogP) is 3.98. The second kappa shape index (κ2) is 6.86. The number of aryl methyl sites for hydroxylation is 1. The van der Waals surface area contributed by atoms with Crippen LogP contribution in [0.25, 0.3) is 10.9 Å². The molecule has 0 N–H and O–H groups in total. The van der Waals surface area contributed by atoms with Gasteiger partial charge in [-0.3, -0.25) is 4.79 Å². The molecule has 142 valence electrons. The molecule has 1 atom stereocenters. The number of aromatic nitrogens is 1. The molecule has 1 unspecified atom stereocenters. The molecular weight excluding hydrogens is 337 g/mol. The van der Waals surface area contributed by atoms with Gasteiger partial charge in [0.2, 0.25) is 0 Å². The fourth-order valence-electron chi connectivity index (χ4n) is 3.99. The maximum Gasteiger partial charge on any atom is 0.324 e. The third kappa shape index (κ3) is 3.12. The molecular formula is C22H28BNO3. The van der Waals surface area contributed by atoms with E-state index in [9.17, 15) is 4.79 Å². The fourth-order valence-corrected chi connectivity index (χ4v) is 3.99. The molecule has 1 aromatic heterocycles. The first-order valence-corrected chi connectivity index (χ1v) is 10.1. The molecule has 1 aliphatic carbocycles. The number of hydrogen-bond donors (Lipinski definition) is 0. The molecule has 1 aromatic carbocycles. The van der Waals surface area contributed by atoms with Crippen molar-refractivity contribution in [1.82, 2.24) is 4.57 Å². The standard InChI is InChI=1S/C22H28BNO3/c1-13(2)15(4)27-23(5)19-11-10-17-20(14(19)3)24(16-8-9-16)22(25)18-7-6-12-26-21(17)18/h6,10-13,15-16H,7-9H2,1-5H3. The lowest BCUT2D eigenvalue weighted by atomic mass is 9.61. The summed E-state index contributed by atoms with van der Waals surface area (Å²) < 4.78 is 14.1. The van der Waals surface area contributed by atoms with Crippen molar-refractivity contribution in [3.8, 4) is 5.75 Å². The third-order valence-electron chi connectivity index (χ3n) is 6.02. The van der Waals surface area contributed by atoms with Crippen LogP contribution in [0.15, 0.2) is 29.3 Å². The summed E-state index contributed by atoms with van der Waals surface area (Å²) in [4.78, 5) is 13.2. The van der Waals surface area contributed by atoms with Gasteiger partial charge < -0.3 is 14.0 Å². The summed E-state index contributed by atoms with van der Waals surface area (Å²) in [5.41, 5.74) is 4.17. The molecule has 5 heteroatoms. The summed E-state index contributed by atoms with van der Waals surface area (Å²) in [6, 6.07) is 4.56. The van der Waals surface area contributed by atoms with E-state index in [0.717, 1.165) is 46.1 Å². The normalized spacial score (nSPS) is 17.1. The molecule has 0 spiro atoms. The van der Waals surface area contributed by atoms with Gasteiger partial charge in [-0.1, -0.05) is 26.7 Å². The number of fused-ring (bicyclic) bond motifs is 3. The topological polar surface area (TPSA) is 40.5 Å². The van der Waals surface area contributed by atoms with E-state index in [4.69, 9.17) is 9.39 Å². The van der Waals surface area contributed by atoms with Gasteiger partial charge in [0, 0.05) is 24.0 Å². The zero-order chi connectivity index (χ0) is 19.3. The minimum Gasteiger partial charge on any atom is -0.464 e. The van der Waals surface area contributed by atoms with Gasteiger partial charge in [0.15, 0.2) is 0 Å². The Morgan fingerprint density at radius 3 is 2.67 bits per heavy atom. The molecule has 0 bridgehead atoms. The van der Waals surface area contributed by atoms with E-state index >= 15 is 0 Å². The van der Waals surface area contributed by atoms with Gasteiger partial charge in [-0.05, 0) is 55.8 Å². The number of ether oxygens (including phenoxy) is 1. The van der Waals surface area contributed by atoms with Gasteiger partial charge in [0.25, 0.3) is 5.56 Å². The lowest BCUT2D eigenvalue weighted by molar-refractivity contribution is 0.174. The van der Waals surface area contributed by atoms with Crippen LogP contribution in [-0.4, -0.2) is 17.6 Å². The SMILES string of the molecule is CB(OC(C)C(C)C)c1ccc2c3c(c(=O)n(C4CC4)c2c1C)CC=CO3. The van der Waals surface area contributed by atoms with Crippen LogP contribution >= 0.6 is 0 Å². The van der Waals surface area contributed by atoms with E-state index in [2.05, 4.69) is 46.7 Å². The Bertz CT molecular complexity index is 972. The maximum absolute atomic E-state index is 13.2. The van der Waals surface area contributed by atoms with E-state index in [1.54, 1.807) is 6.26 Å². The lowest BCUT2D eigenvalue weighted by Crippen LogP contribution is -2.37. The summed E-state index contributed by atoms with van der Waals surface area (Å²) in [5, 5.41) is 1.03. The maximum atomic E-state index is 13.2. The Morgan fingerprint density at radius 2 is 2.00 bits per heavy atom. The quantitative estimate of drug-likeness (QED) is 0.753. The zero-order valence-corrected chi connectivity index (χ0v) is 16.9. The molecule has 0 radical (unpaired) electrons. The molecule has 2 aromatic rings. The van der Waals surface area contributed by atoms with E-state index in [0.29, 0.717) is 18.4 Å². The summed E-state index contributed by atoms with van der Waals surface area (Å²) in [5.74, 6) is 1.19. The summed E-state index contributed by atoms with van der Waals surface area (Å²) >= 11 is 0. The molecule has 4 nitrogen and oxygen atoms in total. The molecule has 27 heavy (non-hydrogen) atoms. The number of rotatable bonds is 5. The molecule has 0 saturated heterocycles. The van der Waals surface area contributed by atoms with Gasteiger partial charge in [-0.2, -0.15) is 0 Å². The van der Waals surface area contributed by atoms with Crippen LogP contribution in [-0.2, 0) is 11.1 Å². The monoisotopic (exact) mass is 365 g/mol. The van der Waals surface area contributed by atoms with Crippen molar-refractivity contribution in [3.63, 3.8) is 0 Å².